The van der Waals surface area contributed by atoms with Crippen molar-refractivity contribution < 1.29 is 14.1 Å². The SMILES string of the molecule is COc1ccc(-c2noc(CN3CCN(C(=O)c4cc(C)sc4C)CC3)n2)cc1. The minimum atomic E-state index is 0.131. The predicted octanol–water partition coefficient (Wildman–Crippen LogP) is 3.38. The molecule has 0 N–H and O–H groups in total. The third kappa shape index (κ3) is 4.33. The summed E-state index contributed by atoms with van der Waals surface area (Å²) in [5.74, 6) is 2.07. The van der Waals surface area contributed by atoms with E-state index in [9.17, 15) is 4.79 Å². The molecule has 3 aromatic rings. The Hall–Kier alpha value is -2.71. The van der Waals surface area contributed by atoms with Gasteiger partial charge in [-0.3, -0.25) is 9.69 Å². The molecule has 1 aromatic carbocycles. The molecule has 0 atom stereocenters. The highest BCUT2D eigenvalue weighted by atomic mass is 32.1. The van der Waals surface area contributed by atoms with Crippen molar-refractivity contribution in [1.82, 2.24) is 19.9 Å². The highest BCUT2D eigenvalue weighted by Gasteiger charge is 2.25. The van der Waals surface area contributed by atoms with Gasteiger partial charge in [-0.1, -0.05) is 5.16 Å². The zero-order valence-corrected chi connectivity index (χ0v) is 17.7. The van der Waals surface area contributed by atoms with Gasteiger partial charge in [-0.25, -0.2) is 0 Å². The fourth-order valence-electron chi connectivity index (χ4n) is 3.49. The quantitative estimate of drug-likeness (QED) is 0.640. The van der Waals surface area contributed by atoms with Crippen molar-refractivity contribution in [2.45, 2.75) is 20.4 Å². The number of carbonyl (C=O) groups is 1. The lowest BCUT2D eigenvalue weighted by Crippen LogP contribution is -2.48. The summed E-state index contributed by atoms with van der Waals surface area (Å²) in [5.41, 5.74) is 1.72. The first-order valence-corrected chi connectivity index (χ1v) is 10.4. The maximum atomic E-state index is 12.8. The topological polar surface area (TPSA) is 71.7 Å². The van der Waals surface area contributed by atoms with Crippen molar-refractivity contribution in [3.05, 3.63) is 51.5 Å². The number of aromatic nitrogens is 2. The van der Waals surface area contributed by atoms with Gasteiger partial charge in [0.1, 0.15) is 5.75 Å². The zero-order chi connectivity index (χ0) is 20.4. The number of thiophene rings is 1. The summed E-state index contributed by atoms with van der Waals surface area (Å²) < 4.78 is 10.6. The Kier molecular flexibility index (Phi) is 5.64. The number of piperazine rings is 1. The van der Waals surface area contributed by atoms with Crippen LogP contribution in [0.2, 0.25) is 0 Å². The van der Waals surface area contributed by atoms with Gasteiger partial charge in [-0.05, 0) is 44.2 Å². The first-order chi connectivity index (χ1) is 14.0. The molecule has 0 spiro atoms. The summed E-state index contributed by atoms with van der Waals surface area (Å²) in [6.07, 6.45) is 0. The molecule has 1 aliphatic heterocycles. The van der Waals surface area contributed by atoms with E-state index in [-0.39, 0.29) is 5.91 Å². The van der Waals surface area contributed by atoms with Gasteiger partial charge in [0, 0.05) is 41.5 Å². The number of aryl methyl sites for hydroxylation is 2. The molecule has 2 aromatic heterocycles. The van der Waals surface area contributed by atoms with E-state index in [4.69, 9.17) is 9.26 Å². The fraction of sp³-hybridized carbons (Fsp3) is 0.381. The largest absolute Gasteiger partial charge is 0.497 e. The number of hydrogen-bond donors (Lipinski definition) is 0. The van der Waals surface area contributed by atoms with E-state index in [1.54, 1.807) is 18.4 Å². The van der Waals surface area contributed by atoms with Gasteiger partial charge in [-0.15, -0.1) is 11.3 Å². The maximum Gasteiger partial charge on any atom is 0.255 e. The summed E-state index contributed by atoms with van der Waals surface area (Å²) in [6, 6.07) is 9.56. The number of ether oxygens (including phenoxy) is 1. The van der Waals surface area contributed by atoms with Crippen LogP contribution in [0, 0.1) is 13.8 Å². The third-order valence-electron chi connectivity index (χ3n) is 5.11. The number of amides is 1. The van der Waals surface area contributed by atoms with Crippen LogP contribution in [0.3, 0.4) is 0 Å². The Morgan fingerprint density at radius 3 is 2.52 bits per heavy atom. The second-order valence-corrected chi connectivity index (χ2v) is 8.60. The molecule has 1 fully saturated rings. The molecular formula is C21H24N4O3S. The van der Waals surface area contributed by atoms with Crippen LogP contribution in [0.25, 0.3) is 11.4 Å². The first kappa shape index (κ1) is 19.6. The molecule has 0 unspecified atom stereocenters. The van der Waals surface area contributed by atoms with Crippen molar-refractivity contribution in [1.29, 1.82) is 0 Å². The van der Waals surface area contributed by atoms with Crippen LogP contribution in [0.15, 0.2) is 34.9 Å². The summed E-state index contributed by atoms with van der Waals surface area (Å²) in [6.45, 7) is 7.61. The fourth-order valence-corrected chi connectivity index (χ4v) is 4.41. The highest BCUT2D eigenvalue weighted by Crippen LogP contribution is 2.23. The van der Waals surface area contributed by atoms with E-state index in [0.717, 1.165) is 34.8 Å². The van der Waals surface area contributed by atoms with Crippen LogP contribution in [-0.2, 0) is 6.54 Å². The van der Waals surface area contributed by atoms with E-state index in [1.807, 2.05) is 49.1 Å². The molecule has 29 heavy (non-hydrogen) atoms. The lowest BCUT2D eigenvalue weighted by Gasteiger charge is -2.34. The van der Waals surface area contributed by atoms with Gasteiger partial charge < -0.3 is 14.2 Å². The predicted molar refractivity (Wildman–Crippen MR) is 111 cm³/mol. The molecule has 0 bridgehead atoms. The lowest BCUT2D eigenvalue weighted by atomic mass is 10.2. The van der Waals surface area contributed by atoms with E-state index in [2.05, 4.69) is 15.0 Å². The second kappa shape index (κ2) is 8.34. The van der Waals surface area contributed by atoms with E-state index >= 15 is 0 Å². The van der Waals surface area contributed by atoms with Gasteiger partial charge in [0.25, 0.3) is 5.91 Å². The highest BCUT2D eigenvalue weighted by molar-refractivity contribution is 7.12. The summed E-state index contributed by atoms with van der Waals surface area (Å²) in [4.78, 5) is 23.7. The molecule has 3 heterocycles. The standard InChI is InChI=1S/C21H24N4O3S/c1-14-12-18(15(2)29-14)21(26)25-10-8-24(9-11-25)13-19-22-20(23-28-19)16-4-6-17(27-3)7-5-16/h4-7,12H,8-11,13H2,1-3H3. The van der Waals surface area contributed by atoms with E-state index in [0.29, 0.717) is 31.3 Å². The lowest BCUT2D eigenvalue weighted by molar-refractivity contribution is 0.0615. The van der Waals surface area contributed by atoms with Gasteiger partial charge >= 0.3 is 0 Å². The average molecular weight is 413 g/mol. The molecule has 8 heteroatoms. The smallest absolute Gasteiger partial charge is 0.255 e. The summed E-state index contributed by atoms with van der Waals surface area (Å²) in [7, 11) is 1.64. The molecule has 1 amide bonds. The minimum Gasteiger partial charge on any atom is -0.497 e. The Balaban J connectivity index is 1.33. The van der Waals surface area contributed by atoms with Crippen LogP contribution in [0.1, 0.15) is 26.0 Å². The van der Waals surface area contributed by atoms with Gasteiger partial charge in [0.05, 0.1) is 19.2 Å². The Labute approximate surface area is 173 Å². The molecule has 1 aliphatic rings. The van der Waals surface area contributed by atoms with Crippen molar-refractivity contribution in [3.8, 4) is 17.1 Å². The number of nitrogens with zero attached hydrogens (tertiary/aromatic N) is 4. The molecule has 7 nitrogen and oxygen atoms in total. The van der Waals surface area contributed by atoms with Crippen molar-refractivity contribution in [3.63, 3.8) is 0 Å². The average Bonchev–Trinajstić information content (AvgIpc) is 3.34. The molecule has 0 radical (unpaired) electrons. The maximum absolute atomic E-state index is 12.8. The number of methoxy groups -OCH3 is 1. The molecule has 1 saturated heterocycles. The normalized spacial score (nSPS) is 14.9. The van der Waals surface area contributed by atoms with Crippen molar-refractivity contribution >= 4 is 17.2 Å². The van der Waals surface area contributed by atoms with Crippen LogP contribution in [0.4, 0.5) is 0 Å². The Morgan fingerprint density at radius 2 is 1.90 bits per heavy atom. The Bertz CT molecular complexity index is 988. The summed E-state index contributed by atoms with van der Waals surface area (Å²) in [5, 5.41) is 4.09. The minimum absolute atomic E-state index is 0.131. The second-order valence-electron chi connectivity index (χ2n) is 7.14. The van der Waals surface area contributed by atoms with Gasteiger partial charge in [-0.2, -0.15) is 4.98 Å². The van der Waals surface area contributed by atoms with Gasteiger partial charge in [0.2, 0.25) is 11.7 Å². The van der Waals surface area contributed by atoms with E-state index < -0.39 is 0 Å². The van der Waals surface area contributed by atoms with Crippen LogP contribution < -0.4 is 4.74 Å². The third-order valence-corrected chi connectivity index (χ3v) is 6.07. The first-order valence-electron chi connectivity index (χ1n) is 9.59. The molecular weight excluding hydrogens is 388 g/mol. The van der Waals surface area contributed by atoms with Crippen LogP contribution in [0.5, 0.6) is 5.75 Å². The number of carbonyl (C=O) groups excluding carboxylic acids is 1. The number of rotatable bonds is 5. The number of benzene rings is 1. The monoisotopic (exact) mass is 412 g/mol. The van der Waals surface area contributed by atoms with Crippen molar-refractivity contribution in [2.24, 2.45) is 0 Å². The molecule has 4 rings (SSSR count). The summed E-state index contributed by atoms with van der Waals surface area (Å²) >= 11 is 1.67. The van der Waals surface area contributed by atoms with E-state index in [1.165, 1.54) is 4.88 Å². The zero-order valence-electron chi connectivity index (χ0n) is 16.8. The molecule has 152 valence electrons. The van der Waals surface area contributed by atoms with Crippen LogP contribution >= 0.6 is 11.3 Å². The van der Waals surface area contributed by atoms with Crippen LogP contribution in [-0.4, -0.2) is 59.1 Å². The Morgan fingerprint density at radius 1 is 1.17 bits per heavy atom. The number of hydrogen-bond acceptors (Lipinski definition) is 7. The molecule has 0 aliphatic carbocycles. The van der Waals surface area contributed by atoms with Gasteiger partial charge in [0.15, 0.2) is 0 Å². The van der Waals surface area contributed by atoms with Crippen molar-refractivity contribution in [2.75, 3.05) is 33.3 Å². The molecule has 0 saturated carbocycles.